The van der Waals surface area contributed by atoms with Gasteiger partial charge in [0.05, 0.1) is 4.88 Å². The van der Waals surface area contributed by atoms with Crippen molar-refractivity contribution < 1.29 is 9.53 Å². The first kappa shape index (κ1) is 15.6. The van der Waals surface area contributed by atoms with Crippen LogP contribution in [0.4, 0.5) is 5.13 Å². The number of benzene rings is 1. The molecule has 23 heavy (non-hydrogen) atoms. The first-order valence-electron chi connectivity index (χ1n) is 7.00. The van der Waals surface area contributed by atoms with E-state index in [9.17, 15) is 4.79 Å². The predicted molar refractivity (Wildman–Crippen MR) is 93.3 cm³/mol. The van der Waals surface area contributed by atoms with E-state index in [-0.39, 0.29) is 12.5 Å². The molecule has 0 bridgehead atoms. The highest BCUT2D eigenvalue weighted by molar-refractivity contribution is 7.14. The van der Waals surface area contributed by atoms with Crippen LogP contribution in [0.1, 0.15) is 11.1 Å². The molecule has 5 nitrogen and oxygen atoms in total. The van der Waals surface area contributed by atoms with Gasteiger partial charge in [0, 0.05) is 11.5 Å². The second kappa shape index (κ2) is 6.89. The van der Waals surface area contributed by atoms with Gasteiger partial charge < -0.3 is 4.74 Å². The van der Waals surface area contributed by atoms with E-state index in [1.165, 1.54) is 0 Å². The maximum atomic E-state index is 12.0. The molecule has 0 aliphatic carbocycles. The summed E-state index contributed by atoms with van der Waals surface area (Å²) < 4.78 is 9.82. The van der Waals surface area contributed by atoms with Crippen molar-refractivity contribution in [2.75, 3.05) is 11.9 Å². The maximum absolute atomic E-state index is 12.0. The van der Waals surface area contributed by atoms with Crippen LogP contribution in [0.3, 0.4) is 0 Å². The highest BCUT2D eigenvalue weighted by Gasteiger charge is 2.11. The third kappa shape index (κ3) is 3.75. The Balaban J connectivity index is 1.58. The topological polar surface area (TPSA) is 64.1 Å². The molecule has 0 aliphatic heterocycles. The molecular formula is C16H15N3O2S2. The number of nitrogens with one attached hydrogen (secondary N) is 1. The lowest BCUT2D eigenvalue weighted by molar-refractivity contribution is -0.118. The van der Waals surface area contributed by atoms with E-state index in [2.05, 4.69) is 14.7 Å². The van der Waals surface area contributed by atoms with Crippen LogP contribution in [-0.2, 0) is 4.79 Å². The molecule has 2 heterocycles. The van der Waals surface area contributed by atoms with E-state index in [1.807, 2.05) is 49.6 Å². The third-order valence-corrected chi connectivity index (χ3v) is 4.82. The second-order valence-corrected chi connectivity index (χ2v) is 6.63. The number of hydrogen-bond acceptors (Lipinski definition) is 6. The zero-order valence-electron chi connectivity index (χ0n) is 12.7. The average Bonchev–Trinajstić information content (AvgIpc) is 3.19. The van der Waals surface area contributed by atoms with Crippen molar-refractivity contribution in [1.82, 2.24) is 9.36 Å². The van der Waals surface area contributed by atoms with Crippen molar-refractivity contribution in [3.8, 4) is 16.5 Å². The number of aromatic nitrogens is 2. The molecule has 0 atom stereocenters. The molecule has 1 N–H and O–H groups in total. The van der Waals surface area contributed by atoms with Crippen molar-refractivity contribution in [1.29, 1.82) is 0 Å². The second-order valence-electron chi connectivity index (χ2n) is 4.94. The third-order valence-electron chi connectivity index (χ3n) is 3.33. The standard InChI is InChI=1S/C16H15N3O2S2/c1-10-5-3-6-12(11(10)2)21-9-14(20)17-16-18-15(19-23-16)13-7-4-8-22-13/h3-8H,9H2,1-2H3,(H,17,18,19,20). The number of ether oxygens (including phenoxy) is 1. The molecule has 0 unspecified atom stereocenters. The highest BCUT2D eigenvalue weighted by Crippen LogP contribution is 2.25. The number of anilines is 1. The molecule has 0 saturated carbocycles. The molecule has 3 rings (SSSR count). The number of aryl methyl sites for hydroxylation is 1. The lowest BCUT2D eigenvalue weighted by Crippen LogP contribution is -2.20. The Morgan fingerprint density at radius 1 is 1.26 bits per heavy atom. The number of carbonyl (C=O) groups excluding carboxylic acids is 1. The largest absolute Gasteiger partial charge is 0.483 e. The van der Waals surface area contributed by atoms with Crippen LogP contribution in [0.15, 0.2) is 35.7 Å². The first-order chi connectivity index (χ1) is 11.1. The molecule has 2 aromatic heterocycles. The van der Waals surface area contributed by atoms with Gasteiger partial charge in [-0.1, -0.05) is 18.2 Å². The van der Waals surface area contributed by atoms with Crippen LogP contribution in [0.25, 0.3) is 10.7 Å². The summed E-state index contributed by atoms with van der Waals surface area (Å²) in [6.07, 6.45) is 0. The van der Waals surface area contributed by atoms with Crippen LogP contribution in [0.2, 0.25) is 0 Å². The fraction of sp³-hybridized carbons (Fsp3) is 0.188. The zero-order chi connectivity index (χ0) is 16.2. The molecule has 0 fully saturated rings. The van der Waals surface area contributed by atoms with E-state index < -0.39 is 0 Å². The minimum atomic E-state index is -0.250. The van der Waals surface area contributed by atoms with Crippen LogP contribution in [-0.4, -0.2) is 21.9 Å². The van der Waals surface area contributed by atoms with Crippen molar-refractivity contribution in [3.05, 3.63) is 46.8 Å². The van der Waals surface area contributed by atoms with Gasteiger partial charge in [-0.3, -0.25) is 10.1 Å². The Hall–Kier alpha value is -2.25. The Kier molecular flexibility index (Phi) is 4.68. The van der Waals surface area contributed by atoms with Crippen LogP contribution in [0, 0.1) is 13.8 Å². The molecule has 0 radical (unpaired) electrons. The van der Waals surface area contributed by atoms with Gasteiger partial charge in [-0.25, -0.2) is 0 Å². The zero-order valence-corrected chi connectivity index (χ0v) is 14.3. The van der Waals surface area contributed by atoms with E-state index >= 15 is 0 Å². The van der Waals surface area contributed by atoms with Gasteiger partial charge in [0.15, 0.2) is 12.4 Å². The van der Waals surface area contributed by atoms with Crippen LogP contribution >= 0.6 is 22.9 Å². The fourth-order valence-corrected chi connectivity index (χ4v) is 3.27. The van der Waals surface area contributed by atoms with E-state index in [1.54, 1.807) is 11.3 Å². The summed E-state index contributed by atoms with van der Waals surface area (Å²) in [6, 6.07) is 9.66. The van der Waals surface area contributed by atoms with Gasteiger partial charge in [0.25, 0.3) is 5.91 Å². The molecule has 0 aliphatic rings. The Morgan fingerprint density at radius 2 is 2.13 bits per heavy atom. The number of thiophene rings is 1. The molecular weight excluding hydrogens is 330 g/mol. The van der Waals surface area contributed by atoms with Gasteiger partial charge in [0.1, 0.15) is 5.75 Å². The van der Waals surface area contributed by atoms with Gasteiger partial charge in [-0.15, -0.1) is 11.3 Å². The van der Waals surface area contributed by atoms with Crippen molar-refractivity contribution in [2.45, 2.75) is 13.8 Å². The minimum absolute atomic E-state index is 0.0573. The summed E-state index contributed by atoms with van der Waals surface area (Å²) in [5.74, 6) is 1.10. The maximum Gasteiger partial charge on any atom is 0.264 e. The number of rotatable bonds is 5. The van der Waals surface area contributed by atoms with E-state index in [4.69, 9.17) is 4.74 Å². The molecule has 0 saturated heterocycles. The normalized spacial score (nSPS) is 10.5. The number of carbonyl (C=O) groups is 1. The van der Waals surface area contributed by atoms with Crippen molar-refractivity contribution in [3.63, 3.8) is 0 Å². The molecule has 118 valence electrons. The summed E-state index contributed by atoms with van der Waals surface area (Å²) in [6.45, 7) is 3.93. The Bertz CT molecular complexity index is 813. The molecule has 1 amide bonds. The monoisotopic (exact) mass is 345 g/mol. The van der Waals surface area contributed by atoms with Gasteiger partial charge in [-0.05, 0) is 42.5 Å². The van der Waals surface area contributed by atoms with Crippen molar-refractivity contribution in [2.24, 2.45) is 0 Å². The Labute approximate surface area is 142 Å². The fourth-order valence-electron chi connectivity index (χ4n) is 1.96. The predicted octanol–water partition coefficient (Wildman–Crippen LogP) is 3.90. The first-order valence-corrected chi connectivity index (χ1v) is 8.65. The molecule has 0 spiro atoms. The average molecular weight is 345 g/mol. The SMILES string of the molecule is Cc1cccc(OCC(=O)Nc2nc(-c3cccs3)ns2)c1C. The number of nitrogens with zero attached hydrogens (tertiary/aromatic N) is 2. The van der Waals surface area contributed by atoms with Crippen LogP contribution in [0.5, 0.6) is 5.75 Å². The summed E-state index contributed by atoms with van der Waals surface area (Å²) in [4.78, 5) is 17.3. The smallest absolute Gasteiger partial charge is 0.264 e. The van der Waals surface area contributed by atoms with Gasteiger partial charge >= 0.3 is 0 Å². The lowest BCUT2D eigenvalue weighted by Gasteiger charge is -2.10. The molecule has 1 aromatic carbocycles. The van der Waals surface area contributed by atoms with Crippen LogP contribution < -0.4 is 10.1 Å². The highest BCUT2D eigenvalue weighted by atomic mass is 32.1. The minimum Gasteiger partial charge on any atom is -0.483 e. The van der Waals surface area contributed by atoms with Crippen molar-refractivity contribution >= 4 is 33.9 Å². The number of amides is 1. The molecule has 7 heteroatoms. The van der Waals surface area contributed by atoms with E-state index in [0.29, 0.717) is 11.0 Å². The Morgan fingerprint density at radius 3 is 2.91 bits per heavy atom. The summed E-state index contributed by atoms with van der Waals surface area (Å²) >= 11 is 2.72. The van der Waals surface area contributed by atoms with Gasteiger partial charge in [-0.2, -0.15) is 9.36 Å². The van der Waals surface area contributed by atoms with Gasteiger partial charge in [0.2, 0.25) is 5.13 Å². The lowest BCUT2D eigenvalue weighted by atomic mass is 10.1. The quantitative estimate of drug-likeness (QED) is 0.762. The summed E-state index contributed by atoms with van der Waals surface area (Å²) in [7, 11) is 0. The summed E-state index contributed by atoms with van der Waals surface area (Å²) in [5.41, 5.74) is 2.17. The number of hydrogen-bond donors (Lipinski definition) is 1. The summed E-state index contributed by atoms with van der Waals surface area (Å²) in [5, 5.41) is 5.15. The molecule has 3 aromatic rings. The van der Waals surface area contributed by atoms with E-state index in [0.717, 1.165) is 33.3 Å².